The van der Waals surface area contributed by atoms with Gasteiger partial charge in [-0.15, -0.1) is 0 Å². The zero-order valence-corrected chi connectivity index (χ0v) is 11.9. The van der Waals surface area contributed by atoms with Crippen LogP contribution in [0.2, 0.25) is 0 Å². The Morgan fingerprint density at radius 1 is 1.14 bits per heavy atom. The zero-order valence-electron chi connectivity index (χ0n) is 11.1. The van der Waals surface area contributed by atoms with E-state index in [9.17, 15) is 30.4 Å². The molecule has 21 heavy (non-hydrogen) atoms. The monoisotopic (exact) mass is 332 g/mol. The maximum atomic E-state index is 13.3. The van der Waals surface area contributed by atoms with Gasteiger partial charge in [0.1, 0.15) is 0 Å². The molecule has 0 aliphatic carbocycles. The minimum absolute atomic E-state index is 0.626. The Balaban J connectivity index is 3.10. The van der Waals surface area contributed by atoms with Crippen LogP contribution in [0.3, 0.4) is 0 Å². The predicted octanol–water partition coefficient (Wildman–Crippen LogP) is 3.68. The molecule has 0 radical (unpaired) electrons. The van der Waals surface area contributed by atoms with E-state index < -0.39 is 39.6 Å². The summed E-state index contributed by atoms with van der Waals surface area (Å²) in [4.78, 5) is -0.726. The van der Waals surface area contributed by atoms with E-state index in [1.165, 1.54) is 12.1 Å². The van der Waals surface area contributed by atoms with Crippen molar-refractivity contribution in [3.8, 4) is 0 Å². The van der Waals surface area contributed by atoms with Crippen LogP contribution in [0.15, 0.2) is 29.2 Å². The van der Waals surface area contributed by atoms with Crippen LogP contribution >= 0.6 is 0 Å². The lowest BCUT2D eigenvalue weighted by atomic mass is 10.1. The summed E-state index contributed by atoms with van der Waals surface area (Å²) >= 11 is 0. The van der Waals surface area contributed by atoms with Crippen LogP contribution in [0.25, 0.3) is 0 Å². The largest absolute Gasteiger partial charge is 0.436 e. The third kappa shape index (κ3) is 3.70. The van der Waals surface area contributed by atoms with Gasteiger partial charge in [0.2, 0.25) is 0 Å². The van der Waals surface area contributed by atoms with Gasteiger partial charge < -0.3 is 0 Å². The lowest BCUT2D eigenvalue weighted by Gasteiger charge is -2.27. The van der Waals surface area contributed by atoms with E-state index in [0.717, 1.165) is 19.1 Å². The molecule has 0 fully saturated rings. The van der Waals surface area contributed by atoms with Gasteiger partial charge in [0.25, 0.3) is 0 Å². The zero-order chi connectivity index (χ0) is 16.5. The van der Waals surface area contributed by atoms with Gasteiger partial charge >= 0.3 is 22.1 Å². The number of alkyl halides is 5. The number of hydrogen-bond donors (Lipinski definition) is 0. The molecule has 0 saturated heterocycles. The Labute approximate surface area is 118 Å². The third-order valence-electron chi connectivity index (χ3n) is 2.66. The van der Waals surface area contributed by atoms with Gasteiger partial charge in [-0.3, -0.25) is 0 Å². The molecule has 1 rings (SSSR count). The molecule has 0 heterocycles. The van der Waals surface area contributed by atoms with E-state index in [2.05, 4.69) is 4.18 Å². The van der Waals surface area contributed by atoms with Gasteiger partial charge in [0.15, 0.2) is 6.17 Å². The van der Waals surface area contributed by atoms with Crippen LogP contribution in [0, 0.1) is 6.92 Å². The summed E-state index contributed by atoms with van der Waals surface area (Å²) in [6.45, 7) is 2.53. The molecule has 0 N–H and O–H groups in total. The highest BCUT2D eigenvalue weighted by Crippen LogP contribution is 2.42. The highest BCUT2D eigenvalue weighted by Gasteiger charge is 2.65. The average molecular weight is 332 g/mol. The molecule has 120 valence electrons. The molecular weight excluding hydrogens is 319 g/mol. The SMILES string of the molecule is CCC(F)C(F)(F)C(F)(F)OS(=O)(=O)c1ccc(C)cc1. The van der Waals surface area contributed by atoms with Crippen molar-refractivity contribution in [1.82, 2.24) is 0 Å². The van der Waals surface area contributed by atoms with Crippen LogP contribution in [0.4, 0.5) is 22.0 Å². The Bertz CT molecular complexity index is 583. The summed E-state index contributed by atoms with van der Waals surface area (Å²) in [6, 6.07) is 4.39. The Morgan fingerprint density at radius 3 is 2.05 bits per heavy atom. The van der Waals surface area contributed by atoms with Crippen molar-refractivity contribution < 1.29 is 34.6 Å². The summed E-state index contributed by atoms with van der Waals surface area (Å²) in [5.41, 5.74) is 0.626. The van der Waals surface area contributed by atoms with E-state index in [1.807, 2.05) is 0 Å². The number of hydrogen-bond acceptors (Lipinski definition) is 3. The first-order chi connectivity index (χ1) is 9.44. The second-order valence-corrected chi connectivity index (χ2v) is 5.91. The molecule has 1 aromatic carbocycles. The van der Waals surface area contributed by atoms with Crippen LogP contribution in [-0.4, -0.2) is 26.6 Å². The van der Waals surface area contributed by atoms with Gasteiger partial charge in [-0.1, -0.05) is 24.6 Å². The summed E-state index contributed by atoms with van der Waals surface area (Å²) in [5, 5.41) is 0. The van der Waals surface area contributed by atoms with Crippen LogP contribution in [0.5, 0.6) is 0 Å². The molecule has 0 spiro atoms. The van der Waals surface area contributed by atoms with Gasteiger partial charge in [-0.2, -0.15) is 30.2 Å². The van der Waals surface area contributed by atoms with E-state index >= 15 is 0 Å². The molecule has 0 bridgehead atoms. The van der Waals surface area contributed by atoms with Crippen LogP contribution in [0.1, 0.15) is 18.9 Å². The highest BCUT2D eigenvalue weighted by atomic mass is 32.2. The Kier molecular flexibility index (Phi) is 4.99. The molecular formula is C12H13F5O3S. The Hall–Kier alpha value is -1.22. The fraction of sp³-hybridized carbons (Fsp3) is 0.500. The topological polar surface area (TPSA) is 43.4 Å². The van der Waals surface area contributed by atoms with Crippen molar-refractivity contribution in [2.45, 2.75) is 43.4 Å². The fourth-order valence-corrected chi connectivity index (χ4v) is 2.34. The molecule has 0 aliphatic heterocycles. The molecule has 0 aromatic heterocycles. The average Bonchev–Trinajstić information content (AvgIpc) is 2.36. The van der Waals surface area contributed by atoms with Crippen LogP contribution in [-0.2, 0) is 14.3 Å². The molecule has 0 aliphatic rings. The highest BCUT2D eigenvalue weighted by molar-refractivity contribution is 7.86. The molecule has 1 unspecified atom stereocenters. The minimum Gasteiger partial charge on any atom is -0.240 e. The van der Waals surface area contributed by atoms with Crippen molar-refractivity contribution in [2.24, 2.45) is 0 Å². The smallest absolute Gasteiger partial charge is 0.240 e. The van der Waals surface area contributed by atoms with Gasteiger partial charge in [-0.05, 0) is 25.5 Å². The molecule has 3 nitrogen and oxygen atoms in total. The standard InChI is InChI=1S/C12H13F5O3S/c1-3-10(13)11(14,15)12(16,17)20-21(18,19)9-6-4-8(2)5-7-9/h4-7,10H,3H2,1-2H3. The third-order valence-corrected chi connectivity index (χ3v) is 3.94. The summed E-state index contributed by atoms with van der Waals surface area (Å²) < 4.78 is 92.3. The minimum atomic E-state index is -5.49. The van der Waals surface area contributed by atoms with Crippen LogP contribution < -0.4 is 0 Å². The maximum Gasteiger partial charge on any atom is 0.436 e. The van der Waals surface area contributed by atoms with Gasteiger partial charge in [0, 0.05) is 0 Å². The number of benzene rings is 1. The fourth-order valence-electron chi connectivity index (χ4n) is 1.39. The van der Waals surface area contributed by atoms with Crippen molar-refractivity contribution in [3.63, 3.8) is 0 Å². The molecule has 0 saturated carbocycles. The number of aryl methyl sites for hydroxylation is 1. The summed E-state index contributed by atoms with van der Waals surface area (Å²) in [6.07, 6.45) is -9.65. The van der Waals surface area contributed by atoms with Gasteiger partial charge in [0.05, 0.1) is 4.90 Å². The summed E-state index contributed by atoms with van der Waals surface area (Å²) in [7, 11) is -5.16. The second-order valence-electron chi connectivity index (χ2n) is 4.37. The van der Waals surface area contributed by atoms with E-state index in [0.29, 0.717) is 5.56 Å². The van der Waals surface area contributed by atoms with Crippen molar-refractivity contribution in [3.05, 3.63) is 29.8 Å². The van der Waals surface area contributed by atoms with Crippen molar-refractivity contribution >= 4 is 10.1 Å². The normalized spacial score (nSPS) is 15.0. The van der Waals surface area contributed by atoms with Gasteiger partial charge in [-0.25, -0.2) is 4.39 Å². The molecule has 1 aromatic rings. The number of halogens is 5. The second kappa shape index (κ2) is 5.88. The first-order valence-corrected chi connectivity index (χ1v) is 7.27. The first-order valence-electron chi connectivity index (χ1n) is 5.86. The molecule has 1 atom stereocenters. The lowest BCUT2D eigenvalue weighted by molar-refractivity contribution is -0.325. The Morgan fingerprint density at radius 2 is 1.62 bits per heavy atom. The molecule has 9 heteroatoms. The lowest BCUT2D eigenvalue weighted by Crippen LogP contribution is -2.50. The van der Waals surface area contributed by atoms with E-state index in [4.69, 9.17) is 0 Å². The quantitative estimate of drug-likeness (QED) is 0.590. The summed E-state index contributed by atoms with van der Waals surface area (Å²) in [5.74, 6) is -5.26. The van der Waals surface area contributed by atoms with E-state index in [1.54, 1.807) is 6.92 Å². The van der Waals surface area contributed by atoms with Crippen molar-refractivity contribution in [1.29, 1.82) is 0 Å². The van der Waals surface area contributed by atoms with Crippen molar-refractivity contribution in [2.75, 3.05) is 0 Å². The van der Waals surface area contributed by atoms with E-state index in [-0.39, 0.29) is 0 Å². The predicted molar refractivity (Wildman–Crippen MR) is 64.5 cm³/mol. The first kappa shape index (κ1) is 17.8. The molecule has 0 amide bonds. The number of rotatable bonds is 6. The maximum absolute atomic E-state index is 13.3.